The van der Waals surface area contributed by atoms with Crippen LogP contribution in [0.15, 0.2) is 48.6 Å². The second-order valence-electron chi connectivity index (χ2n) is 10.9. The van der Waals surface area contributed by atoms with Gasteiger partial charge in [-0.15, -0.1) is 0 Å². The number of hydrogen-bond donors (Lipinski definition) is 2. The number of nitrogens with one attached hydrogen (secondary N) is 1. The Bertz CT molecular complexity index is 1240. The van der Waals surface area contributed by atoms with Gasteiger partial charge in [0, 0.05) is 18.7 Å². The van der Waals surface area contributed by atoms with Crippen molar-refractivity contribution in [2.75, 3.05) is 31.7 Å². The number of allylic oxidation sites excluding steroid dienone is 1. The number of benzene rings is 1. The van der Waals surface area contributed by atoms with Crippen molar-refractivity contribution in [1.29, 1.82) is 0 Å². The summed E-state index contributed by atoms with van der Waals surface area (Å²) in [6.45, 7) is 3.52. The van der Waals surface area contributed by atoms with Crippen molar-refractivity contribution in [2.24, 2.45) is 11.8 Å². The van der Waals surface area contributed by atoms with Crippen molar-refractivity contribution in [3.05, 3.63) is 48.6 Å². The molecule has 2 saturated heterocycles. The van der Waals surface area contributed by atoms with Crippen LogP contribution in [0.2, 0.25) is 0 Å². The van der Waals surface area contributed by atoms with Gasteiger partial charge in [0.2, 0.25) is 11.8 Å². The van der Waals surface area contributed by atoms with Crippen LogP contribution in [0.25, 0.3) is 0 Å². The molecule has 0 saturated carbocycles. The molecule has 2 fully saturated rings. The smallest absolute Gasteiger partial charge is 0.313 e. The molecule has 11 nitrogen and oxygen atoms in total. The van der Waals surface area contributed by atoms with E-state index in [1.54, 1.807) is 67.5 Å². The molecule has 0 unspecified atom stereocenters. The van der Waals surface area contributed by atoms with Crippen LogP contribution in [0.1, 0.15) is 33.1 Å². The van der Waals surface area contributed by atoms with Crippen molar-refractivity contribution in [2.45, 2.75) is 63.0 Å². The zero-order valence-corrected chi connectivity index (χ0v) is 23.5. The molecule has 5 rings (SSSR count). The maximum atomic E-state index is 14.4. The normalized spacial score (nSPS) is 33.4. The molecule has 11 heteroatoms. The first-order valence-corrected chi connectivity index (χ1v) is 14.1. The standard InChI is InChI=1S/C30H37N3O8/c1-4-19(17-34)33-26-28(37)32(20-10-12-21(39-3)13-11-20)15-7-14-30(26)25(27(33)36)24-22(41-30)8-5-6-9-23(35)31-16-18(2)40-29(24)38/h5,7-8,10-14,18-19,22,24-26,34H,4,6,9,15-17H2,1-3H3,(H,31,35)/b8-5-/t18-,19-,22-,24+,25+,26-,30+/m0/s1. The van der Waals surface area contributed by atoms with Gasteiger partial charge in [0.15, 0.2) is 0 Å². The average molecular weight is 568 g/mol. The number of hydrogen-bond acceptors (Lipinski definition) is 8. The van der Waals surface area contributed by atoms with Crippen LogP contribution in [0.3, 0.4) is 0 Å². The number of rotatable bonds is 5. The number of methoxy groups -OCH3 is 1. The first-order valence-electron chi connectivity index (χ1n) is 14.1. The molecule has 0 bridgehead atoms. The monoisotopic (exact) mass is 567 g/mol. The lowest BCUT2D eigenvalue weighted by atomic mass is 9.78. The van der Waals surface area contributed by atoms with E-state index in [-0.39, 0.29) is 37.9 Å². The van der Waals surface area contributed by atoms with Crippen LogP contribution in [-0.4, -0.2) is 90.4 Å². The number of aliphatic hydroxyl groups excluding tert-OH is 1. The average Bonchev–Trinajstić information content (AvgIpc) is 3.35. The molecule has 3 amide bonds. The SMILES string of the molecule is CC[C@@H](CO)N1C(=O)[C@H]2[C@@H]3C(=O)O[C@@H](C)CNC(=O)CC/C=C\[C@@H]3O[C@]23C=CCN(c2ccc(OC)cc2)C(=O)[C@H]13. The summed E-state index contributed by atoms with van der Waals surface area (Å²) in [4.78, 5) is 57.6. The Balaban J connectivity index is 1.60. The summed E-state index contributed by atoms with van der Waals surface area (Å²) in [5.41, 5.74) is -0.853. The minimum Gasteiger partial charge on any atom is -0.497 e. The molecule has 7 atom stereocenters. The number of esters is 1. The van der Waals surface area contributed by atoms with Crippen LogP contribution in [0.4, 0.5) is 5.69 Å². The summed E-state index contributed by atoms with van der Waals surface area (Å²) in [6, 6.07) is 5.26. The molecule has 2 N–H and O–H groups in total. The van der Waals surface area contributed by atoms with E-state index in [1.807, 2.05) is 6.92 Å². The van der Waals surface area contributed by atoms with Crippen LogP contribution in [-0.2, 0) is 28.7 Å². The number of anilines is 1. The minimum absolute atomic E-state index is 0.142. The van der Waals surface area contributed by atoms with Gasteiger partial charge in [0.1, 0.15) is 29.4 Å². The number of nitrogens with zero attached hydrogens (tertiary/aromatic N) is 2. The second kappa shape index (κ2) is 11.7. The summed E-state index contributed by atoms with van der Waals surface area (Å²) >= 11 is 0. The van der Waals surface area contributed by atoms with Crippen molar-refractivity contribution >= 4 is 29.4 Å². The van der Waals surface area contributed by atoms with E-state index in [9.17, 15) is 24.3 Å². The predicted octanol–water partition coefficient (Wildman–Crippen LogP) is 1.35. The third kappa shape index (κ3) is 5.01. The van der Waals surface area contributed by atoms with E-state index in [1.165, 1.54) is 4.90 Å². The van der Waals surface area contributed by atoms with Crippen LogP contribution in [0.5, 0.6) is 5.75 Å². The van der Waals surface area contributed by atoms with Gasteiger partial charge in [-0.1, -0.05) is 31.2 Å². The van der Waals surface area contributed by atoms with E-state index in [4.69, 9.17) is 14.2 Å². The van der Waals surface area contributed by atoms with Gasteiger partial charge in [0.05, 0.1) is 38.3 Å². The fourth-order valence-corrected chi connectivity index (χ4v) is 6.40. The summed E-state index contributed by atoms with van der Waals surface area (Å²) in [5, 5.41) is 13.0. The number of fused-ring (bicyclic) bond motifs is 2. The topological polar surface area (TPSA) is 135 Å². The molecule has 4 aliphatic rings. The third-order valence-electron chi connectivity index (χ3n) is 8.43. The zero-order chi connectivity index (χ0) is 29.3. The van der Waals surface area contributed by atoms with Crippen molar-refractivity contribution in [3.8, 4) is 5.75 Å². The van der Waals surface area contributed by atoms with E-state index in [2.05, 4.69) is 5.32 Å². The lowest BCUT2D eigenvalue weighted by Crippen LogP contribution is -2.58. The van der Waals surface area contributed by atoms with Gasteiger partial charge < -0.3 is 34.4 Å². The summed E-state index contributed by atoms with van der Waals surface area (Å²) in [7, 11) is 1.56. The van der Waals surface area contributed by atoms with Gasteiger partial charge in [0.25, 0.3) is 5.91 Å². The molecule has 1 aromatic carbocycles. The number of carbonyl (C=O) groups excluding carboxylic acids is 4. The third-order valence-corrected chi connectivity index (χ3v) is 8.43. The molecular weight excluding hydrogens is 530 g/mol. The van der Waals surface area contributed by atoms with E-state index in [0.717, 1.165) is 0 Å². The number of amides is 3. The summed E-state index contributed by atoms with van der Waals surface area (Å²) < 4.78 is 17.6. The Labute approximate surface area is 239 Å². The van der Waals surface area contributed by atoms with Crippen LogP contribution in [0, 0.1) is 11.8 Å². The lowest BCUT2D eigenvalue weighted by molar-refractivity contribution is -0.159. The van der Waals surface area contributed by atoms with Gasteiger partial charge in [-0.05, 0) is 44.0 Å². The minimum atomic E-state index is -1.46. The molecule has 0 aromatic heterocycles. The first-order chi connectivity index (χ1) is 19.7. The van der Waals surface area contributed by atoms with Crippen LogP contribution < -0.4 is 15.0 Å². The Kier molecular flexibility index (Phi) is 8.19. The van der Waals surface area contributed by atoms with Crippen molar-refractivity contribution in [1.82, 2.24) is 10.2 Å². The zero-order valence-electron chi connectivity index (χ0n) is 23.5. The number of carbonyl (C=O) groups is 4. The quantitative estimate of drug-likeness (QED) is 0.402. The predicted molar refractivity (Wildman–Crippen MR) is 148 cm³/mol. The maximum Gasteiger partial charge on any atom is 0.313 e. The van der Waals surface area contributed by atoms with Gasteiger partial charge in [-0.3, -0.25) is 19.2 Å². The molecular formula is C30H37N3O8. The fourth-order valence-electron chi connectivity index (χ4n) is 6.40. The maximum absolute atomic E-state index is 14.4. The molecule has 4 heterocycles. The Morgan fingerprint density at radius 3 is 2.59 bits per heavy atom. The van der Waals surface area contributed by atoms with Crippen molar-refractivity contribution in [3.63, 3.8) is 0 Å². The summed E-state index contributed by atoms with van der Waals surface area (Å²) in [5.74, 6) is -3.03. The van der Waals surface area contributed by atoms with Gasteiger partial charge in [-0.25, -0.2) is 0 Å². The highest BCUT2D eigenvalue weighted by atomic mass is 16.6. The second-order valence-corrected chi connectivity index (χ2v) is 10.9. The molecule has 0 radical (unpaired) electrons. The highest BCUT2D eigenvalue weighted by Gasteiger charge is 2.72. The fraction of sp³-hybridized carbons (Fsp3) is 0.533. The van der Waals surface area contributed by atoms with E-state index < -0.39 is 53.6 Å². The van der Waals surface area contributed by atoms with Gasteiger partial charge in [-0.2, -0.15) is 0 Å². The summed E-state index contributed by atoms with van der Waals surface area (Å²) in [6.07, 6.45) is 6.58. The largest absolute Gasteiger partial charge is 0.497 e. The van der Waals surface area contributed by atoms with E-state index >= 15 is 0 Å². The van der Waals surface area contributed by atoms with Crippen molar-refractivity contribution < 1.29 is 38.5 Å². The van der Waals surface area contributed by atoms with E-state index in [0.29, 0.717) is 24.3 Å². The van der Waals surface area contributed by atoms with Gasteiger partial charge >= 0.3 is 5.97 Å². The Morgan fingerprint density at radius 2 is 1.90 bits per heavy atom. The molecule has 4 aliphatic heterocycles. The molecule has 1 aromatic rings. The number of likely N-dealkylation sites (tertiary alicyclic amines) is 1. The van der Waals surface area contributed by atoms with Crippen LogP contribution >= 0.6 is 0 Å². The molecule has 0 aliphatic carbocycles. The highest BCUT2D eigenvalue weighted by Crippen LogP contribution is 2.54. The molecule has 1 spiro atoms. The number of ether oxygens (including phenoxy) is 3. The Morgan fingerprint density at radius 1 is 1.15 bits per heavy atom. The lowest BCUT2D eigenvalue weighted by Gasteiger charge is -2.38. The number of aliphatic hydroxyl groups is 1. The first kappa shape index (κ1) is 28.8. The highest BCUT2D eigenvalue weighted by molar-refractivity contribution is 6.05. The Hall–Kier alpha value is -3.70. The molecule has 220 valence electrons. The molecule has 41 heavy (non-hydrogen) atoms. The number of cyclic esters (lactones) is 1.